The van der Waals surface area contributed by atoms with Crippen LogP contribution >= 0.6 is 0 Å². The fourth-order valence-corrected chi connectivity index (χ4v) is 2.93. The molecule has 24 heavy (non-hydrogen) atoms. The Bertz CT molecular complexity index is 829. The summed E-state index contributed by atoms with van der Waals surface area (Å²) in [6.07, 6.45) is -2.42. The fourth-order valence-electron chi connectivity index (χ4n) is 2.93. The number of alkyl halides is 3. The van der Waals surface area contributed by atoms with Crippen LogP contribution in [0.4, 0.5) is 13.2 Å². The van der Waals surface area contributed by atoms with Crippen molar-refractivity contribution in [3.05, 3.63) is 58.9 Å². The Labute approximate surface area is 136 Å². The summed E-state index contributed by atoms with van der Waals surface area (Å²) in [6, 6.07) is 9.20. The van der Waals surface area contributed by atoms with Crippen LogP contribution in [0, 0.1) is 0 Å². The minimum atomic E-state index is -4.32. The lowest BCUT2D eigenvalue weighted by Crippen LogP contribution is -2.25. The van der Waals surface area contributed by atoms with Gasteiger partial charge in [-0.1, -0.05) is 12.1 Å². The van der Waals surface area contributed by atoms with Gasteiger partial charge in [0.2, 0.25) is 0 Å². The third-order valence-electron chi connectivity index (χ3n) is 4.16. The average molecular weight is 332 g/mol. The number of hydrogen-bond donors (Lipinski definition) is 2. The summed E-state index contributed by atoms with van der Waals surface area (Å²) >= 11 is 0. The zero-order valence-corrected chi connectivity index (χ0v) is 12.7. The predicted octanol–water partition coefficient (Wildman–Crippen LogP) is 2.92. The lowest BCUT2D eigenvalue weighted by Gasteiger charge is -2.20. The van der Waals surface area contributed by atoms with Crippen LogP contribution in [-0.2, 0) is 12.7 Å². The van der Waals surface area contributed by atoms with Crippen LogP contribution in [0.3, 0.4) is 0 Å². The summed E-state index contributed by atoms with van der Waals surface area (Å²) in [5.74, 6) is 0.853. The molecule has 4 nitrogen and oxygen atoms in total. The van der Waals surface area contributed by atoms with Crippen LogP contribution in [0.15, 0.2) is 41.4 Å². The molecular weight excluding hydrogens is 317 g/mol. The van der Waals surface area contributed by atoms with Gasteiger partial charge in [-0.25, -0.2) is 0 Å². The van der Waals surface area contributed by atoms with E-state index >= 15 is 0 Å². The minimum Gasteiger partial charge on any atom is -0.378 e. The summed E-state index contributed by atoms with van der Waals surface area (Å²) in [4.78, 5) is 4.43. The van der Waals surface area contributed by atoms with Crippen LogP contribution in [0.2, 0.25) is 0 Å². The Balaban J connectivity index is 1.69. The zero-order valence-electron chi connectivity index (χ0n) is 12.7. The SMILES string of the molecule is FC(F)(F)c1ccc(C2=Cn3c(ccc3C3=NCCN3)CN2)cc1. The summed E-state index contributed by atoms with van der Waals surface area (Å²) in [5.41, 5.74) is 2.90. The molecule has 0 amide bonds. The highest BCUT2D eigenvalue weighted by Crippen LogP contribution is 2.30. The first-order chi connectivity index (χ1) is 11.5. The molecule has 1 aromatic heterocycles. The molecule has 0 saturated heterocycles. The van der Waals surface area contributed by atoms with E-state index in [1.54, 1.807) is 0 Å². The van der Waals surface area contributed by atoms with E-state index in [-0.39, 0.29) is 0 Å². The van der Waals surface area contributed by atoms with Gasteiger partial charge in [0, 0.05) is 18.4 Å². The van der Waals surface area contributed by atoms with Gasteiger partial charge in [-0.2, -0.15) is 13.2 Å². The van der Waals surface area contributed by atoms with Crippen molar-refractivity contribution in [3.63, 3.8) is 0 Å². The molecule has 2 aromatic rings. The van der Waals surface area contributed by atoms with Gasteiger partial charge in [0.15, 0.2) is 0 Å². The summed E-state index contributed by atoms with van der Waals surface area (Å²) in [7, 11) is 0. The topological polar surface area (TPSA) is 41.4 Å². The van der Waals surface area contributed by atoms with Gasteiger partial charge >= 0.3 is 6.18 Å². The molecule has 0 aliphatic carbocycles. The molecule has 0 fully saturated rings. The van der Waals surface area contributed by atoms with E-state index in [1.807, 2.05) is 22.9 Å². The molecule has 4 rings (SSSR count). The number of rotatable bonds is 2. The Kier molecular flexibility index (Phi) is 3.37. The minimum absolute atomic E-state index is 0.611. The van der Waals surface area contributed by atoms with Gasteiger partial charge in [0.05, 0.1) is 30.0 Å². The quantitative estimate of drug-likeness (QED) is 0.888. The first-order valence-corrected chi connectivity index (χ1v) is 7.64. The maximum absolute atomic E-state index is 12.7. The Hall–Kier alpha value is -2.70. The van der Waals surface area contributed by atoms with Crippen molar-refractivity contribution in [1.29, 1.82) is 0 Å². The van der Waals surface area contributed by atoms with Crippen LogP contribution < -0.4 is 10.6 Å². The molecule has 0 radical (unpaired) electrons. The molecule has 2 aliphatic heterocycles. The van der Waals surface area contributed by atoms with Crippen molar-refractivity contribution in [1.82, 2.24) is 15.2 Å². The van der Waals surface area contributed by atoms with E-state index in [2.05, 4.69) is 15.6 Å². The van der Waals surface area contributed by atoms with Gasteiger partial charge in [0.25, 0.3) is 0 Å². The Morgan fingerprint density at radius 2 is 1.79 bits per heavy atom. The molecule has 0 bridgehead atoms. The maximum Gasteiger partial charge on any atom is 0.416 e. The summed E-state index contributed by atoms with van der Waals surface area (Å²) in [6.45, 7) is 2.19. The first-order valence-electron chi connectivity index (χ1n) is 7.64. The van der Waals surface area contributed by atoms with Gasteiger partial charge in [-0.15, -0.1) is 0 Å². The largest absolute Gasteiger partial charge is 0.416 e. The normalized spacial score (nSPS) is 16.8. The number of nitrogens with one attached hydrogen (secondary N) is 2. The highest BCUT2D eigenvalue weighted by atomic mass is 19.4. The number of benzene rings is 1. The third-order valence-corrected chi connectivity index (χ3v) is 4.16. The molecule has 124 valence electrons. The number of aliphatic imine (C=N–C) groups is 1. The van der Waals surface area contributed by atoms with Gasteiger partial charge in [0.1, 0.15) is 5.84 Å². The van der Waals surface area contributed by atoms with Crippen LogP contribution in [0.25, 0.3) is 11.9 Å². The molecular formula is C17H15F3N4. The van der Waals surface area contributed by atoms with E-state index < -0.39 is 11.7 Å². The van der Waals surface area contributed by atoms with E-state index in [4.69, 9.17) is 0 Å². The van der Waals surface area contributed by atoms with E-state index in [0.29, 0.717) is 6.54 Å². The molecule has 0 saturated carbocycles. The van der Waals surface area contributed by atoms with Gasteiger partial charge in [-0.3, -0.25) is 4.99 Å². The smallest absolute Gasteiger partial charge is 0.378 e. The van der Waals surface area contributed by atoms with Crippen molar-refractivity contribution in [2.45, 2.75) is 12.7 Å². The van der Waals surface area contributed by atoms with E-state index in [0.717, 1.165) is 53.7 Å². The second-order valence-corrected chi connectivity index (χ2v) is 5.71. The van der Waals surface area contributed by atoms with Crippen LogP contribution in [-0.4, -0.2) is 23.5 Å². The van der Waals surface area contributed by atoms with Crippen molar-refractivity contribution in [2.75, 3.05) is 13.1 Å². The van der Waals surface area contributed by atoms with Crippen LogP contribution in [0.1, 0.15) is 22.5 Å². The zero-order chi connectivity index (χ0) is 16.7. The maximum atomic E-state index is 12.7. The molecule has 2 N–H and O–H groups in total. The van der Waals surface area contributed by atoms with Crippen LogP contribution in [0.5, 0.6) is 0 Å². The highest BCUT2D eigenvalue weighted by Gasteiger charge is 2.30. The van der Waals surface area contributed by atoms with Gasteiger partial charge < -0.3 is 15.2 Å². The lowest BCUT2D eigenvalue weighted by molar-refractivity contribution is -0.137. The third kappa shape index (κ3) is 2.55. The second kappa shape index (κ2) is 5.43. The average Bonchev–Trinajstić information content (AvgIpc) is 3.22. The van der Waals surface area contributed by atoms with Crippen molar-refractivity contribution < 1.29 is 13.2 Å². The molecule has 0 atom stereocenters. The number of amidine groups is 1. The monoisotopic (exact) mass is 332 g/mol. The summed E-state index contributed by atoms with van der Waals surface area (Å²) in [5, 5.41) is 6.49. The lowest BCUT2D eigenvalue weighted by atomic mass is 10.1. The number of aromatic nitrogens is 1. The number of hydrogen-bond acceptors (Lipinski definition) is 3. The van der Waals surface area contributed by atoms with Crippen molar-refractivity contribution >= 4 is 17.7 Å². The summed E-state index contributed by atoms with van der Waals surface area (Å²) < 4.78 is 40.1. The molecule has 7 heteroatoms. The Morgan fingerprint density at radius 1 is 1.00 bits per heavy atom. The van der Waals surface area contributed by atoms with Crippen molar-refractivity contribution in [3.8, 4) is 0 Å². The number of halogens is 3. The van der Waals surface area contributed by atoms with Gasteiger partial charge in [-0.05, 0) is 29.8 Å². The molecule has 1 aromatic carbocycles. The Morgan fingerprint density at radius 3 is 2.46 bits per heavy atom. The highest BCUT2D eigenvalue weighted by molar-refractivity contribution is 5.99. The second-order valence-electron chi connectivity index (χ2n) is 5.71. The predicted molar refractivity (Wildman–Crippen MR) is 86.3 cm³/mol. The molecule has 0 spiro atoms. The standard InChI is InChI=1S/C17H15F3N4/c18-17(19,20)12-3-1-11(2-4-12)14-10-24-13(9-23-14)5-6-15(24)16-21-7-8-22-16/h1-6,10,23H,7-9H2,(H,21,22). The van der Waals surface area contributed by atoms with E-state index in [9.17, 15) is 13.2 Å². The molecule has 0 unspecified atom stereocenters. The van der Waals surface area contributed by atoms with E-state index in [1.165, 1.54) is 12.1 Å². The molecule has 2 aliphatic rings. The number of fused-ring (bicyclic) bond motifs is 1. The molecule has 3 heterocycles. The first kappa shape index (κ1) is 14.9. The fraction of sp³-hybridized carbons (Fsp3) is 0.235. The van der Waals surface area contributed by atoms with Crippen molar-refractivity contribution in [2.24, 2.45) is 4.99 Å². The number of nitrogens with zero attached hydrogens (tertiary/aromatic N) is 2.